The quantitative estimate of drug-likeness (QED) is 0.0813. The van der Waals surface area contributed by atoms with E-state index < -0.39 is 77.3 Å². The van der Waals surface area contributed by atoms with Crippen LogP contribution in [-0.4, -0.2) is 110 Å². The lowest BCUT2D eigenvalue weighted by Crippen LogP contribution is -2.57. The Kier molecular flexibility index (Phi) is 14.7. The van der Waals surface area contributed by atoms with Gasteiger partial charge in [-0.3, -0.25) is 19.3 Å². The van der Waals surface area contributed by atoms with E-state index in [-0.39, 0.29) is 37.5 Å². The minimum Gasteiger partial charge on any atom is -0.491 e. The molecule has 0 bridgehead atoms. The highest BCUT2D eigenvalue weighted by Gasteiger charge is 2.75. The van der Waals surface area contributed by atoms with E-state index in [2.05, 4.69) is 27.4 Å². The lowest BCUT2D eigenvalue weighted by atomic mass is 9.65. The normalized spacial score (nSPS) is 22.8. The third kappa shape index (κ3) is 9.16. The van der Waals surface area contributed by atoms with Gasteiger partial charge in [-0.25, -0.2) is 14.5 Å². The van der Waals surface area contributed by atoms with Crippen LogP contribution in [0, 0.1) is 23.7 Å². The van der Waals surface area contributed by atoms with E-state index in [9.17, 15) is 15.0 Å². The standard InChI is InChI=1S/C56H57N5O11/c1-35(2)46(52(65)69-3)58-55(68)60-44-26-17-36(12-10-11-29-62)34-43(44)56(54(60)67)45(51(64)57-40-20-22-41(23-21-40)59-27-31-70-32-28-59)48-53(66)72-49(38-15-8-5-9-16-38)47(37-13-6-4-7-14-37)61(48)50(56)39-18-24-42(25-19-39)71-33-30-63/h4-9,13-26,34-35,45-50,62-63H,11,27-33H2,1-3H3,(H,57,64)(H,58,68)/t45-,46+,47-,48-,49+,50+,56-/m1/s1. The minimum atomic E-state index is -2.13. The number of amides is 4. The van der Waals surface area contributed by atoms with Crippen molar-refractivity contribution in [2.45, 2.75) is 56.0 Å². The number of hydrogen-bond donors (Lipinski definition) is 4. The Morgan fingerprint density at radius 3 is 2.14 bits per heavy atom. The second kappa shape index (κ2) is 21.4. The highest BCUT2D eigenvalue weighted by atomic mass is 16.6. The fraction of sp³-hybridized carbons (Fsp3) is 0.339. The lowest BCUT2D eigenvalue weighted by molar-refractivity contribution is -0.177. The number of hydrogen-bond acceptors (Lipinski definition) is 13. The van der Waals surface area contributed by atoms with Gasteiger partial charge in [-0.15, -0.1) is 0 Å². The Morgan fingerprint density at radius 1 is 0.819 bits per heavy atom. The average molecular weight is 976 g/mol. The van der Waals surface area contributed by atoms with Crippen LogP contribution >= 0.6 is 0 Å². The summed E-state index contributed by atoms with van der Waals surface area (Å²) in [6, 6.07) is 32.1. The van der Waals surface area contributed by atoms with E-state index in [0.29, 0.717) is 60.0 Å². The molecule has 4 heterocycles. The summed E-state index contributed by atoms with van der Waals surface area (Å²) >= 11 is 0. The molecule has 0 unspecified atom stereocenters. The summed E-state index contributed by atoms with van der Waals surface area (Å²) in [5.41, 5.74) is 1.76. The zero-order valence-corrected chi connectivity index (χ0v) is 40.2. The van der Waals surface area contributed by atoms with E-state index in [1.807, 2.05) is 77.7 Å². The van der Waals surface area contributed by atoms with Crippen LogP contribution in [0.2, 0.25) is 0 Å². The Bertz CT molecular complexity index is 2850. The van der Waals surface area contributed by atoms with Crippen molar-refractivity contribution >= 4 is 46.8 Å². The average Bonchev–Trinajstić information content (AvgIpc) is 3.86. The zero-order chi connectivity index (χ0) is 50.5. The topological polar surface area (TPSA) is 197 Å². The van der Waals surface area contributed by atoms with Gasteiger partial charge in [0.25, 0.3) is 0 Å². The summed E-state index contributed by atoms with van der Waals surface area (Å²) < 4.78 is 23.1. The molecule has 5 aromatic carbocycles. The molecule has 4 aliphatic heterocycles. The summed E-state index contributed by atoms with van der Waals surface area (Å²) in [5, 5.41) is 25.2. The van der Waals surface area contributed by atoms with Gasteiger partial charge in [0, 0.05) is 36.4 Å². The number of esters is 2. The van der Waals surface area contributed by atoms with Crippen LogP contribution in [0.4, 0.5) is 21.9 Å². The summed E-state index contributed by atoms with van der Waals surface area (Å²) in [6.07, 6.45) is -0.819. The fourth-order valence-corrected chi connectivity index (χ4v) is 10.7. The number of nitrogens with one attached hydrogen (secondary N) is 2. The van der Waals surface area contributed by atoms with Crippen LogP contribution in [0.15, 0.2) is 127 Å². The number of rotatable bonds is 13. The Hall–Kier alpha value is -7.55. The van der Waals surface area contributed by atoms with E-state index in [4.69, 9.17) is 18.9 Å². The number of imide groups is 1. The molecule has 0 aliphatic carbocycles. The summed E-state index contributed by atoms with van der Waals surface area (Å²) in [5.74, 6) is 1.32. The summed E-state index contributed by atoms with van der Waals surface area (Å²) in [7, 11) is 1.21. The van der Waals surface area contributed by atoms with Crippen LogP contribution in [0.1, 0.15) is 66.3 Å². The molecule has 7 atom stereocenters. The number of urea groups is 1. The number of aliphatic hydroxyl groups excluding tert-OH is 2. The maximum atomic E-state index is 16.7. The molecule has 72 heavy (non-hydrogen) atoms. The van der Waals surface area contributed by atoms with Crippen LogP contribution < -0.4 is 25.2 Å². The first-order chi connectivity index (χ1) is 35.0. The van der Waals surface area contributed by atoms with Crippen molar-refractivity contribution in [2.75, 3.05) is 68.4 Å². The first-order valence-corrected chi connectivity index (χ1v) is 24.1. The number of ether oxygens (including phenoxy) is 4. The van der Waals surface area contributed by atoms with E-state index in [1.54, 1.807) is 68.4 Å². The third-order valence-electron chi connectivity index (χ3n) is 13.9. The molecule has 0 saturated carbocycles. The predicted molar refractivity (Wildman–Crippen MR) is 267 cm³/mol. The molecule has 4 aliphatic rings. The number of fused-ring (bicyclic) bond motifs is 3. The highest BCUT2D eigenvalue weighted by Crippen LogP contribution is 2.66. The smallest absolute Gasteiger partial charge is 0.329 e. The molecule has 3 fully saturated rings. The number of carbonyl (C=O) groups excluding carboxylic acids is 5. The third-order valence-corrected chi connectivity index (χ3v) is 13.9. The number of methoxy groups -OCH3 is 1. The number of carbonyl (C=O) groups is 5. The number of nitrogens with zero attached hydrogens (tertiary/aromatic N) is 3. The van der Waals surface area contributed by atoms with Gasteiger partial charge in [0.2, 0.25) is 11.8 Å². The maximum Gasteiger partial charge on any atom is 0.329 e. The molecule has 4 amide bonds. The van der Waals surface area contributed by atoms with Crippen molar-refractivity contribution in [3.8, 4) is 17.6 Å². The predicted octanol–water partition coefficient (Wildman–Crippen LogP) is 5.84. The number of anilines is 3. The SMILES string of the molecule is COC(=O)[C@@H](NC(=O)N1C(=O)[C@@]2(c3cc(C#CCCO)ccc31)[C@H](c1ccc(OCCO)cc1)N1[C@H](c3ccccc3)[C@H](c3ccccc3)OC(=O)[C@H]1[C@@H]2C(=O)Nc1ccc(N2CCOCC2)cc1)C(C)C. The number of morpholine rings is 2. The largest absolute Gasteiger partial charge is 0.491 e. The van der Waals surface area contributed by atoms with Gasteiger partial charge in [0.05, 0.1) is 57.2 Å². The molecule has 9 rings (SSSR count). The van der Waals surface area contributed by atoms with E-state index >= 15 is 19.2 Å². The van der Waals surface area contributed by atoms with Gasteiger partial charge in [-0.1, -0.05) is 98.5 Å². The molecule has 0 radical (unpaired) electrons. The Balaban J connectivity index is 1.32. The van der Waals surface area contributed by atoms with Gasteiger partial charge < -0.3 is 44.7 Å². The molecular formula is C56H57N5O11. The summed E-state index contributed by atoms with van der Waals surface area (Å²) in [6.45, 7) is 5.55. The van der Waals surface area contributed by atoms with Crippen molar-refractivity contribution in [1.29, 1.82) is 0 Å². The minimum absolute atomic E-state index is 0.0102. The first kappa shape index (κ1) is 49.4. The second-order valence-corrected chi connectivity index (χ2v) is 18.4. The van der Waals surface area contributed by atoms with Crippen LogP contribution in [0.5, 0.6) is 5.75 Å². The van der Waals surface area contributed by atoms with Crippen molar-refractivity contribution in [3.05, 3.63) is 155 Å². The summed E-state index contributed by atoms with van der Waals surface area (Å²) in [4.78, 5) is 81.5. The molecule has 1 spiro atoms. The second-order valence-electron chi connectivity index (χ2n) is 18.4. The Morgan fingerprint density at radius 2 is 1.50 bits per heavy atom. The molecule has 4 N–H and O–H groups in total. The zero-order valence-electron chi connectivity index (χ0n) is 40.2. The first-order valence-electron chi connectivity index (χ1n) is 24.1. The van der Waals surface area contributed by atoms with E-state index in [1.165, 1.54) is 7.11 Å². The van der Waals surface area contributed by atoms with Crippen molar-refractivity contribution in [3.63, 3.8) is 0 Å². The fourth-order valence-electron chi connectivity index (χ4n) is 10.7. The molecule has 0 aromatic heterocycles. The van der Waals surface area contributed by atoms with Gasteiger partial charge in [0.1, 0.15) is 36.0 Å². The molecule has 16 heteroatoms. The van der Waals surface area contributed by atoms with Gasteiger partial charge in [0.15, 0.2) is 0 Å². The Labute approximate surface area is 417 Å². The van der Waals surface area contributed by atoms with Crippen molar-refractivity contribution in [2.24, 2.45) is 11.8 Å². The van der Waals surface area contributed by atoms with Gasteiger partial charge in [-0.2, -0.15) is 0 Å². The monoisotopic (exact) mass is 975 g/mol. The lowest BCUT2D eigenvalue weighted by Gasteiger charge is -2.46. The van der Waals surface area contributed by atoms with Crippen molar-refractivity contribution in [1.82, 2.24) is 10.2 Å². The van der Waals surface area contributed by atoms with E-state index in [0.717, 1.165) is 10.6 Å². The van der Waals surface area contributed by atoms with Crippen LogP contribution in [0.25, 0.3) is 0 Å². The molecule has 16 nitrogen and oxygen atoms in total. The van der Waals surface area contributed by atoms with Gasteiger partial charge in [-0.05, 0) is 82.8 Å². The molecule has 3 saturated heterocycles. The van der Waals surface area contributed by atoms with Crippen LogP contribution in [0.3, 0.4) is 0 Å². The molecule has 5 aromatic rings. The van der Waals surface area contributed by atoms with Crippen molar-refractivity contribution < 1.29 is 53.1 Å². The highest BCUT2D eigenvalue weighted by molar-refractivity contribution is 6.25. The number of benzene rings is 5. The number of aliphatic hydroxyl groups is 2. The van der Waals surface area contributed by atoms with Crippen LogP contribution in [-0.2, 0) is 38.8 Å². The van der Waals surface area contributed by atoms with Gasteiger partial charge >= 0.3 is 18.0 Å². The molecular weight excluding hydrogens is 919 g/mol. The number of cyclic esters (lactones) is 1. The molecule has 372 valence electrons. The maximum absolute atomic E-state index is 16.7.